The lowest BCUT2D eigenvalue weighted by Crippen LogP contribution is -2.21. The fourth-order valence-corrected chi connectivity index (χ4v) is 1.99. The Morgan fingerprint density at radius 3 is 2.65 bits per heavy atom. The smallest absolute Gasteiger partial charge is 0.123 e. The summed E-state index contributed by atoms with van der Waals surface area (Å²) in [6.45, 7) is 3.55. The maximum absolute atomic E-state index is 13.1. The molecular weight excluding hydrogens is 253 g/mol. The monoisotopic (exact) mass is 273 g/mol. The summed E-state index contributed by atoms with van der Waals surface area (Å²) < 4.78 is 18.7. The van der Waals surface area contributed by atoms with E-state index in [1.807, 2.05) is 43.3 Å². The third-order valence-corrected chi connectivity index (χ3v) is 3.13. The van der Waals surface area contributed by atoms with Crippen molar-refractivity contribution in [2.24, 2.45) is 0 Å². The van der Waals surface area contributed by atoms with Crippen molar-refractivity contribution in [3.05, 3.63) is 66.0 Å². The van der Waals surface area contributed by atoms with Crippen LogP contribution in [-0.2, 0) is 0 Å². The van der Waals surface area contributed by atoms with Crippen molar-refractivity contribution in [2.45, 2.75) is 19.4 Å². The molecule has 0 heterocycles. The van der Waals surface area contributed by atoms with Crippen molar-refractivity contribution in [1.82, 2.24) is 5.32 Å². The SMILES string of the molecule is C[C@H](NCCCOc1ccccc1)c1cccc(F)c1. The Morgan fingerprint density at radius 2 is 1.90 bits per heavy atom. The molecule has 0 bridgehead atoms. The van der Waals surface area contributed by atoms with Crippen molar-refractivity contribution in [2.75, 3.05) is 13.2 Å². The molecule has 20 heavy (non-hydrogen) atoms. The van der Waals surface area contributed by atoms with E-state index in [-0.39, 0.29) is 11.9 Å². The molecule has 2 rings (SSSR count). The van der Waals surface area contributed by atoms with Crippen LogP contribution in [-0.4, -0.2) is 13.2 Å². The first kappa shape index (κ1) is 14.5. The van der Waals surface area contributed by atoms with Gasteiger partial charge in [0.15, 0.2) is 0 Å². The van der Waals surface area contributed by atoms with Gasteiger partial charge >= 0.3 is 0 Å². The number of halogens is 1. The van der Waals surface area contributed by atoms with Gasteiger partial charge in [-0.3, -0.25) is 0 Å². The van der Waals surface area contributed by atoms with Gasteiger partial charge in [0, 0.05) is 6.04 Å². The molecule has 0 amide bonds. The second-order valence-corrected chi connectivity index (χ2v) is 4.75. The van der Waals surface area contributed by atoms with Crippen LogP contribution in [0.5, 0.6) is 5.75 Å². The van der Waals surface area contributed by atoms with Crippen LogP contribution in [0.25, 0.3) is 0 Å². The summed E-state index contributed by atoms with van der Waals surface area (Å²) in [6, 6.07) is 16.6. The minimum absolute atomic E-state index is 0.141. The number of hydrogen-bond donors (Lipinski definition) is 1. The minimum atomic E-state index is -0.191. The molecule has 2 aromatic carbocycles. The van der Waals surface area contributed by atoms with E-state index in [0.717, 1.165) is 24.3 Å². The van der Waals surface area contributed by atoms with Crippen LogP contribution in [0.3, 0.4) is 0 Å². The largest absolute Gasteiger partial charge is 0.494 e. The van der Waals surface area contributed by atoms with Crippen molar-refractivity contribution in [3.8, 4) is 5.75 Å². The van der Waals surface area contributed by atoms with Gasteiger partial charge in [-0.05, 0) is 49.7 Å². The molecule has 0 radical (unpaired) electrons. The molecule has 0 aliphatic rings. The van der Waals surface area contributed by atoms with Crippen molar-refractivity contribution >= 4 is 0 Å². The van der Waals surface area contributed by atoms with Gasteiger partial charge in [-0.15, -0.1) is 0 Å². The maximum atomic E-state index is 13.1. The predicted molar refractivity (Wildman–Crippen MR) is 79.4 cm³/mol. The third kappa shape index (κ3) is 4.67. The molecule has 0 aromatic heterocycles. The van der Waals surface area contributed by atoms with Crippen molar-refractivity contribution in [1.29, 1.82) is 0 Å². The Bertz CT molecular complexity index is 515. The maximum Gasteiger partial charge on any atom is 0.123 e. The number of hydrogen-bond acceptors (Lipinski definition) is 2. The van der Waals surface area contributed by atoms with Crippen LogP contribution in [0.4, 0.5) is 4.39 Å². The van der Waals surface area contributed by atoms with E-state index in [9.17, 15) is 4.39 Å². The molecule has 0 aliphatic heterocycles. The number of benzene rings is 2. The predicted octanol–water partition coefficient (Wildman–Crippen LogP) is 3.95. The van der Waals surface area contributed by atoms with Crippen LogP contribution >= 0.6 is 0 Å². The van der Waals surface area contributed by atoms with Gasteiger partial charge in [-0.25, -0.2) is 4.39 Å². The molecule has 3 heteroatoms. The van der Waals surface area contributed by atoms with Crippen LogP contribution in [0.1, 0.15) is 24.9 Å². The topological polar surface area (TPSA) is 21.3 Å². The molecule has 0 fully saturated rings. The van der Waals surface area contributed by atoms with E-state index in [0.29, 0.717) is 6.61 Å². The van der Waals surface area contributed by atoms with E-state index < -0.39 is 0 Å². The van der Waals surface area contributed by atoms with Gasteiger partial charge in [0.25, 0.3) is 0 Å². The van der Waals surface area contributed by atoms with Gasteiger partial charge < -0.3 is 10.1 Å². The highest BCUT2D eigenvalue weighted by molar-refractivity contribution is 5.21. The van der Waals surface area contributed by atoms with E-state index >= 15 is 0 Å². The Hall–Kier alpha value is -1.87. The van der Waals surface area contributed by atoms with E-state index in [1.54, 1.807) is 12.1 Å². The summed E-state index contributed by atoms with van der Waals surface area (Å²) >= 11 is 0. The van der Waals surface area contributed by atoms with Gasteiger partial charge in [-0.1, -0.05) is 30.3 Å². The Kier molecular flexibility index (Phi) is 5.56. The van der Waals surface area contributed by atoms with E-state index in [4.69, 9.17) is 4.74 Å². The summed E-state index contributed by atoms with van der Waals surface area (Å²) in [5.41, 5.74) is 0.967. The number of rotatable bonds is 7. The molecule has 2 nitrogen and oxygen atoms in total. The molecule has 0 unspecified atom stereocenters. The molecule has 0 saturated carbocycles. The zero-order valence-corrected chi connectivity index (χ0v) is 11.7. The highest BCUT2D eigenvalue weighted by Gasteiger charge is 2.04. The van der Waals surface area contributed by atoms with Crippen LogP contribution in [0.15, 0.2) is 54.6 Å². The fourth-order valence-electron chi connectivity index (χ4n) is 1.99. The first-order valence-corrected chi connectivity index (χ1v) is 6.92. The van der Waals surface area contributed by atoms with Gasteiger partial charge in [0.2, 0.25) is 0 Å². The first-order chi connectivity index (χ1) is 9.75. The molecule has 2 aromatic rings. The van der Waals surface area contributed by atoms with Crippen molar-refractivity contribution < 1.29 is 9.13 Å². The Balaban J connectivity index is 1.66. The second kappa shape index (κ2) is 7.65. The zero-order chi connectivity index (χ0) is 14.2. The Labute approximate surface area is 119 Å². The minimum Gasteiger partial charge on any atom is -0.494 e. The summed E-state index contributed by atoms with van der Waals surface area (Å²) in [5.74, 6) is 0.703. The van der Waals surface area contributed by atoms with Crippen LogP contribution in [0, 0.1) is 5.82 Å². The fraction of sp³-hybridized carbons (Fsp3) is 0.294. The molecule has 1 N–H and O–H groups in total. The van der Waals surface area contributed by atoms with E-state index in [2.05, 4.69) is 5.32 Å². The lowest BCUT2D eigenvalue weighted by atomic mass is 10.1. The standard InChI is InChI=1S/C17H20FNO/c1-14(15-7-5-8-16(18)13-15)19-11-6-12-20-17-9-3-2-4-10-17/h2-5,7-10,13-14,19H,6,11-12H2,1H3/t14-/m0/s1. The number of para-hydroxylation sites is 1. The van der Waals surface area contributed by atoms with Gasteiger partial charge in [0.05, 0.1) is 6.61 Å². The zero-order valence-electron chi connectivity index (χ0n) is 11.7. The van der Waals surface area contributed by atoms with Crippen LogP contribution in [0.2, 0.25) is 0 Å². The second-order valence-electron chi connectivity index (χ2n) is 4.75. The molecule has 1 atom stereocenters. The average molecular weight is 273 g/mol. The molecule has 0 aliphatic carbocycles. The summed E-state index contributed by atoms with van der Waals surface area (Å²) in [7, 11) is 0. The van der Waals surface area contributed by atoms with Crippen LogP contribution < -0.4 is 10.1 Å². The molecule has 0 spiro atoms. The normalized spacial score (nSPS) is 12.1. The average Bonchev–Trinajstić information content (AvgIpc) is 2.48. The first-order valence-electron chi connectivity index (χ1n) is 6.92. The summed E-state index contributed by atoms with van der Waals surface area (Å²) in [6.07, 6.45) is 0.911. The highest BCUT2D eigenvalue weighted by atomic mass is 19.1. The van der Waals surface area contributed by atoms with E-state index in [1.165, 1.54) is 6.07 Å². The molecule has 0 saturated heterocycles. The quantitative estimate of drug-likeness (QED) is 0.771. The molecular formula is C17H20FNO. The lowest BCUT2D eigenvalue weighted by Gasteiger charge is -2.14. The molecule has 106 valence electrons. The highest BCUT2D eigenvalue weighted by Crippen LogP contribution is 2.13. The summed E-state index contributed by atoms with van der Waals surface area (Å²) in [5, 5.41) is 3.37. The Morgan fingerprint density at radius 1 is 1.10 bits per heavy atom. The van der Waals surface area contributed by atoms with Gasteiger partial charge in [0.1, 0.15) is 11.6 Å². The number of ether oxygens (including phenoxy) is 1. The summed E-state index contributed by atoms with van der Waals surface area (Å²) in [4.78, 5) is 0. The number of nitrogens with one attached hydrogen (secondary N) is 1. The van der Waals surface area contributed by atoms with Gasteiger partial charge in [-0.2, -0.15) is 0 Å². The van der Waals surface area contributed by atoms with Crippen molar-refractivity contribution in [3.63, 3.8) is 0 Å². The third-order valence-electron chi connectivity index (χ3n) is 3.13. The lowest BCUT2D eigenvalue weighted by molar-refractivity contribution is 0.305.